The number of anilines is 3. The van der Waals surface area contributed by atoms with Gasteiger partial charge in [-0.3, -0.25) is 14.4 Å². The lowest BCUT2D eigenvalue weighted by atomic mass is 10.1. The first-order valence-electron chi connectivity index (χ1n) is 9.40. The summed E-state index contributed by atoms with van der Waals surface area (Å²) >= 11 is 0. The Morgan fingerprint density at radius 1 is 1.22 bits per heavy atom. The van der Waals surface area contributed by atoms with E-state index in [4.69, 9.17) is 0 Å². The van der Waals surface area contributed by atoms with Gasteiger partial charge in [0, 0.05) is 30.1 Å². The molecule has 2 atom stereocenters. The van der Waals surface area contributed by atoms with Crippen LogP contribution in [0.15, 0.2) is 24.5 Å². The molecule has 1 amide bonds. The SMILES string of the molecule is CCn1ncc(Nc2ncc3ccc(N4C(=O)[C@@H]5CC[C@H]4C5)nc3n2)c1C. The fraction of sp³-hybridized carbons (Fsp3) is 0.421. The van der Waals surface area contributed by atoms with E-state index in [0.717, 1.165) is 42.6 Å². The van der Waals surface area contributed by atoms with Crippen LogP contribution in [-0.4, -0.2) is 36.7 Å². The highest BCUT2D eigenvalue weighted by atomic mass is 16.2. The number of amides is 1. The molecule has 0 unspecified atom stereocenters. The van der Waals surface area contributed by atoms with Gasteiger partial charge in [0.2, 0.25) is 11.9 Å². The van der Waals surface area contributed by atoms with E-state index in [1.807, 2.05) is 35.6 Å². The van der Waals surface area contributed by atoms with Gasteiger partial charge < -0.3 is 5.32 Å². The van der Waals surface area contributed by atoms with Crippen molar-refractivity contribution in [2.45, 2.75) is 45.7 Å². The lowest BCUT2D eigenvalue weighted by Gasteiger charge is -2.26. The number of aromatic nitrogens is 5. The molecule has 0 aromatic carbocycles. The van der Waals surface area contributed by atoms with Crippen LogP contribution in [0.1, 0.15) is 31.9 Å². The average molecular weight is 363 g/mol. The maximum atomic E-state index is 12.5. The van der Waals surface area contributed by atoms with Crippen LogP contribution in [0.4, 0.5) is 17.5 Å². The lowest BCUT2D eigenvalue weighted by Crippen LogP contribution is -2.37. The van der Waals surface area contributed by atoms with Crippen molar-refractivity contribution in [2.24, 2.45) is 5.92 Å². The van der Waals surface area contributed by atoms with Gasteiger partial charge in [-0.25, -0.2) is 9.97 Å². The Balaban J connectivity index is 1.47. The molecule has 1 saturated heterocycles. The minimum atomic E-state index is 0.174. The number of rotatable bonds is 4. The van der Waals surface area contributed by atoms with Crippen molar-refractivity contribution in [3.8, 4) is 0 Å². The number of piperidine rings is 1. The van der Waals surface area contributed by atoms with Crippen LogP contribution in [0, 0.1) is 12.8 Å². The zero-order valence-electron chi connectivity index (χ0n) is 15.4. The van der Waals surface area contributed by atoms with Crippen LogP contribution < -0.4 is 10.2 Å². The molecule has 2 bridgehead atoms. The second kappa shape index (κ2) is 6.00. The van der Waals surface area contributed by atoms with Gasteiger partial charge in [-0.05, 0) is 45.2 Å². The maximum Gasteiger partial charge on any atom is 0.231 e. The first-order chi connectivity index (χ1) is 13.1. The quantitative estimate of drug-likeness (QED) is 0.767. The summed E-state index contributed by atoms with van der Waals surface area (Å²) in [5, 5.41) is 8.39. The number of hydrogen-bond donors (Lipinski definition) is 1. The van der Waals surface area contributed by atoms with E-state index in [1.165, 1.54) is 0 Å². The van der Waals surface area contributed by atoms with Crippen LogP contribution in [-0.2, 0) is 11.3 Å². The maximum absolute atomic E-state index is 12.5. The van der Waals surface area contributed by atoms with E-state index in [1.54, 1.807) is 12.4 Å². The van der Waals surface area contributed by atoms with E-state index in [9.17, 15) is 4.79 Å². The molecule has 5 rings (SSSR count). The molecule has 1 saturated carbocycles. The van der Waals surface area contributed by atoms with Crippen molar-refractivity contribution in [3.05, 3.63) is 30.2 Å². The molecule has 8 heteroatoms. The second-order valence-corrected chi connectivity index (χ2v) is 7.23. The fourth-order valence-corrected chi connectivity index (χ4v) is 4.20. The van der Waals surface area contributed by atoms with Crippen molar-refractivity contribution in [2.75, 3.05) is 10.2 Å². The highest BCUT2D eigenvalue weighted by molar-refractivity contribution is 5.98. The Bertz CT molecular complexity index is 1040. The highest BCUT2D eigenvalue weighted by Crippen LogP contribution is 2.40. The molecular weight excluding hydrogens is 342 g/mol. The predicted octanol–water partition coefficient (Wildman–Crippen LogP) is 2.81. The van der Waals surface area contributed by atoms with Gasteiger partial charge in [0.1, 0.15) is 5.82 Å². The van der Waals surface area contributed by atoms with Crippen LogP contribution in [0.2, 0.25) is 0 Å². The van der Waals surface area contributed by atoms with Crippen LogP contribution in [0.3, 0.4) is 0 Å². The molecule has 1 N–H and O–H groups in total. The Kier molecular flexibility index (Phi) is 3.60. The summed E-state index contributed by atoms with van der Waals surface area (Å²) in [4.78, 5) is 28.0. The van der Waals surface area contributed by atoms with Crippen LogP contribution in [0.25, 0.3) is 11.0 Å². The normalized spacial score (nSPS) is 21.4. The first-order valence-corrected chi connectivity index (χ1v) is 9.40. The number of aryl methyl sites for hydroxylation is 1. The van der Waals surface area contributed by atoms with Crippen LogP contribution >= 0.6 is 0 Å². The predicted molar refractivity (Wildman–Crippen MR) is 102 cm³/mol. The molecular formula is C19H21N7O. The zero-order valence-corrected chi connectivity index (χ0v) is 15.4. The summed E-state index contributed by atoms with van der Waals surface area (Å²) < 4.78 is 1.91. The van der Waals surface area contributed by atoms with Gasteiger partial charge in [0.05, 0.1) is 17.6 Å². The highest BCUT2D eigenvalue weighted by Gasteiger charge is 2.45. The topological polar surface area (TPSA) is 88.8 Å². The molecule has 4 heterocycles. The fourth-order valence-electron chi connectivity index (χ4n) is 4.20. The Labute approximate surface area is 156 Å². The number of carbonyl (C=O) groups excluding carboxylic acids is 1. The Morgan fingerprint density at radius 3 is 2.85 bits per heavy atom. The number of nitrogens with zero attached hydrogens (tertiary/aromatic N) is 6. The molecule has 138 valence electrons. The summed E-state index contributed by atoms with van der Waals surface area (Å²) in [6, 6.07) is 4.11. The molecule has 3 aromatic heterocycles. The number of carbonyl (C=O) groups is 1. The minimum absolute atomic E-state index is 0.174. The van der Waals surface area contributed by atoms with Gasteiger partial charge in [-0.1, -0.05) is 0 Å². The number of pyridine rings is 1. The summed E-state index contributed by atoms with van der Waals surface area (Å²) in [5.74, 6) is 1.54. The van der Waals surface area contributed by atoms with Gasteiger partial charge in [-0.2, -0.15) is 10.1 Å². The lowest BCUT2D eigenvalue weighted by molar-refractivity contribution is -0.121. The molecule has 3 aromatic rings. The van der Waals surface area contributed by atoms with Crippen LogP contribution in [0.5, 0.6) is 0 Å². The smallest absolute Gasteiger partial charge is 0.231 e. The third-order valence-electron chi connectivity index (χ3n) is 5.68. The molecule has 0 radical (unpaired) electrons. The summed E-state index contributed by atoms with van der Waals surface area (Å²) in [7, 11) is 0. The molecule has 1 aliphatic carbocycles. The standard InChI is InChI=1S/C19H21N7O/c1-3-25-11(2)15(10-21-25)22-19-20-9-13-5-7-16(23-17(13)24-19)26-14-6-4-12(8-14)18(26)27/h5,7,9-10,12,14H,3-4,6,8H2,1-2H3,(H,20,22,23,24)/t12-,14+/m1/s1. The molecule has 0 spiro atoms. The molecule has 2 fully saturated rings. The number of nitrogens with one attached hydrogen (secondary N) is 1. The monoisotopic (exact) mass is 363 g/mol. The first kappa shape index (κ1) is 16.2. The minimum Gasteiger partial charge on any atom is -0.321 e. The van der Waals surface area contributed by atoms with E-state index < -0.39 is 0 Å². The Morgan fingerprint density at radius 2 is 2.11 bits per heavy atom. The summed E-state index contributed by atoms with van der Waals surface area (Å²) in [6.45, 7) is 4.86. The second-order valence-electron chi connectivity index (χ2n) is 7.23. The van der Waals surface area contributed by atoms with Gasteiger partial charge in [0.15, 0.2) is 5.65 Å². The third kappa shape index (κ3) is 2.55. The number of hydrogen-bond acceptors (Lipinski definition) is 6. The van der Waals surface area contributed by atoms with E-state index >= 15 is 0 Å². The van der Waals surface area contributed by atoms with Gasteiger partial charge in [0.25, 0.3) is 0 Å². The zero-order chi connectivity index (χ0) is 18.5. The summed E-state index contributed by atoms with van der Waals surface area (Å²) in [5.41, 5.74) is 2.49. The van der Waals surface area contributed by atoms with Gasteiger partial charge in [-0.15, -0.1) is 0 Å². The van der Waals surface area contributed by atoms with Crippen molar-refractivity contribution < 1.29 is 4.79 Å². The number of fused-ring (bicyclic) bond motifs is 3. The Hall–Kier alpha value is -3.03. The molecule has 1 aliphatic heterocycles. The summed E-state index contributed by atoms with van der Waals surface area (Å²) in [6.07, 6.45) is 6.55. The van der Waals surface area contributed by atoms with E-state index in [0.29, 0.717) is 17.4 Å². The van der Waals surface area contributed by atoms with Crippen molar-refractivity contribution in [1.29, 1.82) is 0 Å². The largest absolute Gasteiger partial charge is 0.321 e. The van der Waals surface area contributed by atoms with E-state index in [-0.39, 0.29) is 17.9 Å². The van der Waals surface area contributed by atoms with Gasteiger partial charge >= 0.3 is 0 Å². The molecule has 2 aliphatic rings. The molecule has 27 heavy (non-hydrogen) atoms. The van der Waals surface area contributed by atoms with Crippen molar-refractivity contribution >= 4 is 34.4 Å². The average Bonchev–Trinajstić information content (AvgIpc) is 3.37. The molecule has 8 nitrogen and oxygen atoms in total. The van der Waals surface area contributed by atoms with Crippen molar-refractivity contribution in [3.63, 3.8) is 0 Å². The van der Waals surface area contributed by atoms with E-state index in [2.05, 4.69) is 25.4 Å². The van der Waals surface area contributed by atoms with Crippen molar-refractivity contribution in [1.82, 2.24) is 24.7 Å². The third-order valence-corrected chi connectivity index (χ3v) is 5.68.